The van der Waals surface area contributed by atoms with Crippen molar-refractivity contribution in [3.05, 3.63) is 40.9 Å². The molecule has 0 saturated carbocycles. The van der Waals surface area contributed by atoms with E-state index in [1.807, 2.05) is 18.2 Å². The monoisotopic (exact) mass is 297 g/mol. The van der Waals surface area contributed by atoms with Gasteiger partial charge in [0.1, 0.15) is 5.75 Å². The first kappa shape index (κ1) is 14.3. The normalized spacial score (nSPS) is 12.2. The van der Waals surface area contributed by atoms with Gasteiger partial charge in [0.25, 0.3) is 0 Å². The maximum Gasteiger partial charge on any atom is 0.124 e. The number of methoxy groups -OCH3 is 1. The second kappa shape index (κ2) is 7.51. The summed E-state index contributed by atoms with van der Waals surface area (Å²) < 4.78 is 6.46. The van der Waals surface area contributed by atoms with E-state index in [4.69, 9.17) is 4.74 Å². The molecule has 0 aromatic heterocycles. The highest BCUT2D eigenvalue weighted by Gasteiger charge is 2.14. The fourth-order valence-corrected chi connectivity index (χ4v) is 2.12. The lowest BCUT2D eigenvalue weighted by atomic mass is 10.0. The summed E-state index contributed by atoms with van der Waals surface area (Å²) in [7, 11) is 1.70. The van der Waals surface area contributed by atoms with Crippen molar-refractivity contribution in [2.45, 2.75) is 25.8 Å². The van der Waals surface area contributed by atoms with Crippen LogP contribution in [0.3, 0.4) is 0 Å². The molecule has 0 amide bonds. The number of hydrogen-bond acceptors (Lipinski definition) is 2. The van der Waals surface area contributed by atoms with Gasteiger partial charge in [0.05, 0.1) is 7.11 Å². The molecule has 0 fully saturated rings. The highest BCUT2D eigenvalue weighted by molar-refractivity contribution is 9.10. The Hall–Kier alpha value is -0.800. The average Bonchev–Trinajstić information content (AvgIpc) is 2.34. The number of nitrogens with one attached hydrogen (secondary N) is 1. The zero-order valence-corrected chi connectivity index (χ0v) is 12.1. The van der Waals surface area contributed by atoms with Crippen molar-refractivity contribution >= 4 is 15.9 Å². The number of ether oxygens (including phenoxy) is 1. The zero-order chi connectivity index (χ0) is 12.7. The molecule has 1 aromatic carbocycles. The Kier molecular flexibility index (Phi) is 6.30. The smallest absolute Gasteiger partial charge is 0.124 e. The van der Waals surface area contributed by atoms with Gasteiger partial charge in [0.2, 0.25) is 0 Å². The van der Waals surface area contributed by atoms with Crippen LogP contribution in [0.15, 0.2) is 35.3 Å². The van der Waals surface area contributed by atoms with E-state index in [0.29, 0.717) is 0 Å². The summed E-state index contributed by atoms with van der Waals surface area (Å²) in [4.78, 5) is 0. The molecule has 0 heterocycles. The Morgan fingerprint density at radius 2 is 2.29 bits per heavy atom. The number of rotatable bonds is 7. The largest absolute Gasteiger partial charge is 0.496 e. The molecule has 0 aliphatic carbocycles. The third-order valence-electron chi connectivity index (χ3n) is 2.61. The molecule has 1 aromatic rings. The van der Waals surface area contributed by atoms with Crippen LogP contribution in [-0.4, -0.2) is 13.7 Å². The summed E-state index contributed by atoms with van der Waals surface area (Å²) in [6, 6.07) is 6.41. The van der Waals surface area contributed by atoms with E-state index in [2.05, 4.69) is 40.8 Å². The predicted molar refractivity (Wildman–Crippen MR) is 76.5 cm³/mol. The topological polar surface area (TPSA) is 21.3 Å². The number of hydrogen-bond donors (Lipinski definition) is 1. The van der Waals surface area contributed by atoms with Crippen LogP contribution in [0.2, 0.25) is 0 Å². The number of benzene rings is 1. The maximum atomic E-state index is 5.43. The fraction of sp³-hybridized carbons (Fsp3) is 0.429. The molecule has 0 aliphatic rings. The molecule has 0 radical (unpaired) electrons. The van der Waals surface area contributed by atoms with Crippen LogP contribution < -0.4 is 10.1 Å². The van der Waals surface area contributed by atoms with Gasteiger partial charge in [0.15, 0.2) is 0 Å². The Morgan fingerprint density at radius 3 is 2.88 bits per heavy atom. The minimum atomic E-state index is 0.274. The minimum absolute atomic E-state index is 0.274. The second-order valence-electron chi connectivity index (χ2n) is 3.92. The Labute approximate surface area is 112 Å². The van der Waals surface area contributed by atoms with Crippen LogP contribution in [0.1, 0.15) is 31.4 Å². The maximum absolute atomic E-state index is 5.43. The third-order valence-corrected chi connectivity index (χ3v) is 3.11. The SMILES string of the molecule is C=CCC(NCCC)c1ccc(Br)cc1OC. The highest BCUT2D eigenvalue weighted by atomic mass is 79.9. The molecule has 1 N–H and O–H groups in total. The van der Waals surface area contributed by atoms with Crippen LogP contribution >= 0.6 is 15.9 Å². The van der Waals surface area contributed by atoms with Gasteiger partial charge in [-0.25, -0.2) is 0 Å². The van der Waals surface area contributed by atoms with E-state index in [0.717, 1.165) is 29.6 Å². The molecule has 2 nitrogen and oxygen atoms in total. The summed E-state index contributed by atoms with van der Waals surface area (Å²) in [6.07, 6.45) is 3.96. The highest BCUT2D eigenvalue weighted by Crippen LogP contribution is 2.30. The molecule has 0 saturated heterocycles. The minimum Gasteiger partial charge on any atom is -0.496 e. The van der Waals surface area contributed by atoms with Gasteiger partial charge in [-0.05, 0) is 31.5 Å². The van der Waals surface area contributed by atoms with Gasteiger partial charge in [-0.3, -0.25) is 0 Å². The van der Waals surface area contributed by atoms with Crippen molar-refractivity contribution in [3.8, 4) is 5.75 Å². The van der Waals surface area contributed by atoms with Crippen molar-refractivity contribution in [2.24, 2.45) is 0 Å². The fourth-order valence-electron chi connectivity index (χ4n) is 1.78. The van der Waals surface area contributed by atoms with E-state index < -0.39 is 0 Å². The number of halogens is 1. The molecule has 0 spiro atoms. The summed E-state index contributed by atoms with van der Waals surface area (Å²) in [5, 5.41) is 3.51. The van der Waals surface area contributed by atoms with Crippen LogP contribution in [0.5, 0.6) is 5.75 Å². The molecule has 3 heteroatoms. The summed E-state index contributed by atoms with van der Waals surface area (Å²) in [6.45, 7) is 6.98. The lowest BCUT2D eigenvalue weighted by molar-refractivity contribution is 0.398. The Bertz CT molecular complexity index is 365. The lowest BCUT2D eigenvalue weighted by Gasteiger charge is -2.20. The molecule has 17 heavy (non-hydrogen) atoms. The molecule has 1 rings (SSSR count). The van der Waals surface area contributed by atoms with E-state index in [9.17, 15) is 0 Å². The van der Waals surface area contributed by atoms with Crippen molar-refractivity contribution in [1.82, 2.24) is 5.32 Å². The van der Waals surface area contributed by atoms with Gasteiger partial charge < -0.3 is 10.1 Å². The third kappa shape index (κ3) is 4.17. The lowest BCUT2D eigenvalue weighted by Crippen LogP contribution is -2.22. The quantitative estimate of drug-likeness (QED) is 0.766. The van der Waals surface area contributed by atoms with E-state index in [-0.39, 0.29) is 6.04 Å². The van der Waals surface area contributed by atoms with Crippen molar-refractivity contribution in [3.63, 3.8) is 0 Å². The van der Waals surface area contributed by atoms with E-state index in [1.165, 1.54) is 5.56 Å². The molecule has 0 aliphatic heterocycles. The predicted octanol–water partition coefficient (Wildman–Crippen LogP) is 4.07. The Morgan fingerprint density at radius 1 is 1.53 bits per heavy atom. The molecule has 1 atom stereocenters. The first-order valence-electron chi connectivity index (χ1n) is 5.90. The van der Waals surface area contributed by atoms with Crippen molar-refractivity contribution in [1.29, 1.82) is 0 Å². The van der Waals surface area contributed by atoms with Crippen molar-refractivity contribution in [2.75, 3.05) is 13.7 Å². The van der Waals surface area contributed by atoms with Crippen LogP contribution in [-0.2, 0) is 0 Å². The van der Waals surface area contributed by atoms with Gasteiger partial charge >= 0.3 is 0 Å². The first-order chi connectivity index (χ1) is 8.22. The molecular formula is C14H20BrNO. The van der Waals surface area contributed by atoms with E-state index >= 15 is 0 Å². The molecule has 94 valence electrons. The van der Waals surface area contributed by atoms with Gasteiger partial charge in [0, 0.05) is 16.1 Å². The molecule has 1 unspecified atom stereocenters. The van der Waals surface area contributed by atoms with Crippen LogP contribution in [0.4, 0.5) is 0 Å². The summed E-state index contributed by atoms with van der Waals surface area (Å²) >= 11 is 3.46. The summed E-state index contributed by atoms with van der Waals surface area (Å²) in [5.41, 5.74) is 1.18. The Balaban J connectivity index is 2.95. The van der Waals surface area contributed by atoms with Crippen LogP contribution in [0, 0.1) is 0 Å². The average molecular weight is 298 g/mol. The van der Waals surface area contributed by atoms with Gasteiger partial charge in [-0.1, -0.05) is 35.0 Å². The van der Waals surface area contributed by atoms with E-state index in [1.54, 1.807) is 7.11 Å². The first-order valence-corrected chi connectivity index (χ1v) is 6.70. The standard InChI is InChI=1S/C14H20BrNO/c1-4-6-13(16-9-5-2)12-8-7-11(15)10-14(12)17-3/h4,7-8,10,13,16H,1,5-6,9H2,2-3H3. The summed E-state index contributed by atoms with van der Waals surface area (Å²) in [5.74, 6) is 0.912. The van der Waals surface area contributed by atoms with Crippen LogP contribution in [0.25, 0.3) is 0 Å². The molecular weight excluding hydrogens is 278 g/mol. The van der Waals surface area contributed by atoms with Gasteiger partial charge in [-0.2, -0.15) is 0 Å². The van der Waals surface area contributed by atoms with Gasteiger partial charge in [-0.15, -0.1) is 6.58 Å². The van der Waals surface area contributed by atoms with Crippen molar-refractivity contribution < 1.29 is 4.74 Å². The zero-order valence-electron chi connectivity index (χ0n) is 10.5. The second-order valence-corrected chi connectivity index (χ2v) is 4.83. The molecule has 0 bridgehead atoms.